The van der Waals surface area contributed by atoms with Gasteiger partial charge in [-0.2, -0.15) is 13.2 Å². The highest BCUT2D eigenvalue weighted by atomic mass is 79.9. The third-order valence-electron chi connectivity index (χ3n) is 5.23. The molecule has 1 aliphatic rings. The smallest absolute Gasteiger partial charge is 0.381 e. The third-order valence-corrected chi connectivity index (χ3v) is 6.15. The molecule has 3 N–H and O–H groups in total. The molecular formula is C21H21Br2F3N2O2. The first-order chi connectivity index (χ1) is 14.0. The molecule has 2 atom stereocenters. The zero-order valence-corrected chi connectivity index (χ0v) is 19.3. The number of carbonyl (C=O) groups excluding carboxylic acids is 1. The van der Waals surface area contributed by atoms with Crippen molar-refractivity contribution < 1.29 is 23.1 Å². The Bertz CT molecular complexity index is 932. The lowest BCUT2D eigenvalue weighted by Gasteiger charge is -2.32. The van der Waals surface area contributed by atoms with Crippen molar-refractivity contribution in [2.24, 2.45) is 0 Å². The van der Waals surface area contributed by atoms with Crippen LogP contribution < -0.4 is 10.6 Å². The van der Waals surface area contributed by atoms with E-state index in [1.807, 2.05) is 6.07 Å². The fourth-order valence-corrected chi connectivity index (χ4v) is 4.86. The molecule has 0 saturated carbocycles. The number of carbonyl (C=O) groups is 1. The van der Waals surface area contributed by atoms with Gasteiger partial charge in [0, 0.05) is 21.1 Å². The average molecular weight is 550 g/mol. The summed E-state index contributed by atoms with van der Waals surface area (Å²) in [6.45, 7) is 1.04. The number of aliphatic hydroxyl groups is 1. The summed E-state index contributed by atoms with van der Waals surface area (Å²) < 4.78 is 42.3. The molecule has 0 saturated heterocycles. The maximum Gasteiger partial charge on any atom is 0.423 e. The number of fused-ring (bicyclic) bond motifs is 1. The second kappa shape index (κ2) is 8.88. The van der Waals surface area contributed by atoms with E-state index in [4.69, 9.17) is 0 Å². The van der Waals surface area contributed by atoms with Gasteiger partial charge in [0.1, 0.15) is 0 Å². The molecule has 0 radical (unpaired) electrons. The number of amides is 1. The summed E-state index contributed by atoms with van der Waals surface area (Å²) in [5.74, 6) is -0.0366. The van der Waals surface area contributed by atoms with Crippen molar-refractivity contribution in [3.8, 4) is 0 Å². The molecule has 0 aliphatic heterocycles. The van der Waals surface area contributed by atoms with Gasteiger partial charge in [-0.25, -0.2) is 0 Å². The number of rotatable bonds is 6. The molecule has 0 unspecified atom stereocenters. The molecule has 162 valence electrons. The van der Waals surface area contributed by atoms with E-state index in [-0.39, 0.29) is 17.5 Å². The van der Waals surface area contributed by atoms with Crippen molar-refractivity contribution in [3.63, 3.8) is 0 Å². The van der Waals surface area contributed by atoms with Gasteiger partial charge in [-0.1, -0.05) is 44.8 Å². The van der Waals surface area contributed by atoms with Gasteiger partial charge in [0.05, 0.1) is 12.6 Å². The van der Waals surface area contributed by atoms with E-state index in [0.29, 0.717) is 21.1 Å². The van der Waals surface area contributed by atoms with Crippen LogP contribution in [0.15, 0.2) is 45.3 Å². The Morgan fingerprint density at radius 2 is 1.83 bits per heavy atom. The molecule has 0 fully saturated rings. The summed E-state index contributed by atoms with van der Waals surface area (Å²) in [7, 11) is 0. The molecule has 4 nitrogen and oxygen atoms in total. The lowest BCUT2D eigenvalue weighted by molar-refractivity contribution is -0.260. The molecular weight excluding hydrogens is 529 g/mol. The average Bonchev–Trinajstić information content (AvgIpc) is 3.06. The molecule has 0 heterocycles. The van der Waals surface area contributed by atoms with Crippen molar-refractivity contribution in [1.82, 2.24) is 5.32 Å². The Balaban J connectivity index is 1.81. The van der Waals surface area contributed by atoms with Crippen LogP contribution in [0.5, 0.6) is 0 Å². The summed E-state index contributed by atoms with van der Waals surface area (Å²) in [4.78, 5) is 11.7. The second-order valence-corrected chi connectivity index (χ2v) is 9.13. The molecule has 9 heteroatoms. The van der Waals surface area contributed by atoms with Gasteiger partial charge in [0.2, 0.25) is 11.5 Å². The van der Waals surface area contributed by atoms with Gasteiger partial charge in [-0.05, 0) is 59.9 Å². The molecule has 2 aromatic carbocycles. The van der Waals surface area contributed by atoms with Crippen LogP contribution >= 0.6 is 31.9 Å². The van der Waals surface area contributed by atoms with Crippen molar-refractivity contribution in [3.05, 3.63) is 62.0 Å². The minimum absolute atomic E-state index is 0.0366. The van der Waals surface area contributed by atoms with Crippen LogP contribution in [0.3, 0.4) is 0 Å². The number of hydrogen-bond donors (Lipinski definition) is 3. The standard InChI is InChI=1S/C21H21Br2F3N2O2/c1-2-19(29)28-18-6-3-12-7-16(4-5-17(12)18)27-11-20(30,21(24,25)26)13-8-14(22)10-15(23)9-13/h4-5,7-10,18,27,30H,2-3,6,11H2,1H3,(H,28,29)/t18-,20-/m1/s1. The first kappa shape index (κ1) is 23.1. The highest BCUT2D eigenvalue weighted by molar-refractivity contribution is 9.11. The molecule has 1 amide bonds. The van der Waals surface area contributed by atoms with Crippen molar-refractivity contribution in [1.29, 1.82) is 0 Å². The van der Waals surface area contributed by atoms with E-state index in [9.17, 15) is 23.1 Å². The van der Waals surface area contributed by atoms with Gasteiger partial charge in [0.25, 0.3) is 0 Å². The first-order valence-corrected chi connectivity index (χ1v) is 11.0. The molecule has 0 aromatic heterocycles. The molecule has 0 spiro atoms. The summed E-state index contributed by atoms with van der Waals surface area (Å²) in [6.07, 6.45) is -3.01. The van der Waals surface area contributed by atoms with Gasteiger partial charge >= 0.3 is 6.18 Å². The van der Waals surface area contributed by atoms with Gasteiger partial charge in [-0.3, -0.25) is 4.79 Å². The highest BCUT2D eigenvalue weighted by Crippen LogP contribution is 2.41. The highest BCUT2D eigenvalue weighted by Gasteiger charge is 2.55. The number of alkyl halides is 3. The van der Waals surface area contributed by atoms with Crippen LogP contribution in [-0.2, 0) is 16.8 Å². The molecule has 2 aromatic rings. The Morgan fingerprint density at radius 3 is 2.43 bits per heavy atom. The van der Waals surface area contributed by atoms with E-state index in [0.717, 1.165) is 24.0 Å². The van der Waals surface area contributed by atoms with Crippen molar-refractivity contribution in [2.45, 2.75) is 44.0 Å². The van der Waals surface area contributed by atoms with E-state index in [1.165, 1.54) is 12.1 Å². The fraction of sp³-hybridized carbons (Fsp3) is 0.381. The minimum Gasteiger partial charge on any atom is -0.381 e. The lowest BCUT2D eigenvalue weighted by atomic mass is 9.92. The quantitative estimate of drug-likeness (QED) is 0.440. The Morgan fingerprint density at radius 1 is 1.17 bits per heavy atom. The zero-order valence-electron chi connectivity index (χ0n) is 16.1. The van der Waals surface area contributed by atoms with Gasteiger partial charge in [-0.15, -0.1) is 0 Å². The van der Waals surface area contributed by atoms with Gasteiger partial charge in [0.15, 0.2) is 0 Å². The summed E-state index contributed by atoms with van der Waals surface area (Å²) in [5, 5.41) is 16.3. The largest absolute Gasteiger partial charge is 0.423 e. The molecule has 1 aliphatic carbocycles. The minimum atomic E-state index is -4.88. The number of aryl methyl sites for hydroxylation is 1. The van der Waals surface area contributed by atoms with E-state index >= 15 is 0 Å². The Kier molecular flexibility index (Phi) is 6.84. The van der Waals surface area contributed by atoms with Crippen LogP contribution in [0.2, 0.25) is 0 Å². The normalized spacial score (nSPS) is 17.9. The number of halogens is 5. The number of anilines is 1. The number of hydrogen-bond acceptors (Lipinski definition) is 3. The van der Waals surface area contributed by atoms with Crippen LogP contribution in [0, 0.1) is 0 Å². The predicted molar refractivity (Wildman–Crippen MR) is 116 cm³/mol. The van der Waals surface area contributed by atoms with Crippen molar-refractivity contribution in [2.75, 3.05) is 11.9 Å². The van der Waals surface area contributed by atoms with Crippen LogP contribution in [0.1, 0.15) is 42.5 Å². The van der Waals surface area contributed by atoms with Crippen LogP contribution in [0.4, 0.5) is 18.9 Å². The maximum absolute atomic E-state index is 13.8. The second-order valence-electron chi connectivity index (χ2n) is 7.30. The zero-order chi connectivity index (χ0) is 22.1. The Labute approximate surface area is 189 Å². The lowest BCUT2D eigenvalue weighted by Crippen LogP contribution is -2.47. The molecule has 30 heavy (non-hydrogen) atoms. The first-order valence-electron chi connectivity index (χ1n) is 9.45. The van der Waals surface area contributed by atoms with Crippen molar-refractivity contribution >= 4 is 43.5 Å². The third kappa shape index (κ3) is 4.84. The monoisotopic (exact) mass is 548 g/mol. The van der Waals surface area contributed by atoms with Gasteiger partial charge < -0.3 is 15.7 Å². The van der Waals surface area contributed by atoms with Crippen LogP contribution in [0.25, 0.3) is 0 Å². The predicted octanol–water partition coefficient (Wildman–Crippen LogP) is 5.59. The molecule has 0 bridgehead atoms. The summed E-state index contributed by atoms with van der Waals surface area (Å²) in [6, 6.07) is 9.29. The maximum atomic E-state index is 13.8. The summed E-state index contributed by atoms with van der Waals surface area (Å²) in [5.41, 5.74) is -0.914. The SMILES string of the molecule is CCC(=O)N[C@@H]1CCc2cc(NC[C@@](O)(c3cc(Br)cc(Br)c3)C(F)(F)F)ccc21. The topological polar surface area (TPSA) is 61.4 Å². The molecule has 3 rings (SSSR count). The Hall–Kier alpha value is -1.58. The summed E-state index contributed by atoms with van der Waals surface area (Å²) >= 11 is 6.34. The van der Waals surface area contributed by atoms with E-state index in [1.54, 1.807) is 25.1 Å². The number of benzene rings is 2. The fourth-order valence-electron chi connectivity index (χ4n) is 3.56. The number of nitrogens with one attached hydrogen (secondary N) is 2. The van der Waals surface area contributed by atoms with E-state index in [2.05, 4.69) is 42.5 Å². The van der Waals surface area contributed by atoms with E-state index < -0.39 is 18.3 Å². The van der Waals surface area contributed by atoms with Crippen LogP contribution in [-0.4, -0.2) is 23.7 Å².